The summed E-state index contributed by atoms with van der Waals surface area (Å²) in [5.41, 5.74) is 1.29. The van der Waals surface area contributed by atoms with E-state index >= 15 is 0 Å². The molecule has 1 aromatic carbocycles. The van der Waals surface area contributed by atoms with Gasteiger partial charge < -0.3 is 10.6 Å². The predicted octanol–water partition coefficient (Wildman–Crippen LogP) is 2.87. The van der Waals surface area contributed by atoms with Gasteiger partial charge in [-0.25, -0.2) is 0 Å². The van der Waals surface area contributed by atoms with E-state index in [1.807, 2.05) is 13.1 Å². The SMILES string of the molecule is CNC(=S)N[C@@H](CC(C)C)c1ccccc1. The summed E-state index contributed by atoms with van der Waals surface area (Å²) in [7, 11) is 1.84. The highest BCUT2D eigenvalue weighted by Crippen LogP contribution is 2.20. The Bertz CT molecular complexity index is 322. The lowest BCUT2D eigenvalue weighted by molar-refractivity contribution is 0.478. The maximum atomic E-state index is 5.16. The third kappa shape index (κ3) is 4.19. The lowest BCUT2D eigenvalue weighted by Crippen LogP contribution is -2.36. The molecule has 16 heavy (non-hydrogen) atoms. The molecule has 0 unspecified atom stereocenters. The largest absolute Gasteiger partial charge is 0.366 e. The molecular weight excluding hydrogens is 216 g/mol. The van der Waals surface area contributed by atoms with Crippen LogP contribution in [0.3, 0.4) is 0 Å². The van der Waals surface area contributed by atoms with Crippen molar-refractivity contribution in [2.45, 2.75) is 26.3 Å². The van der Waals surface area contributed by atoms with Gasteiger partial charge in [-0.15, -0.1) is 0 Å². The number of thiocarbonyl (C=S) groups is 1. The van der Waals surface area contributed by atoms with Gasteiger partial charge in [0.05, 0.1) is 6.04 Å². The topological polar surface area (TPSA) is 24.1 Å². The highest BCUT2D eigenvalue weighted by atomic mass is 32.1. The van der Waals surface area contributed by atoms with Gasteiger partial charge in [0.25, 0.3) is 0 Å². The van der Waals surface area contributed by atoms with Gasteiger partial charge in [0.1, 0.15) is 0 Å². The molecule has 0 fully saturated rings. The van der Waals surface area contributed by atoms with Crippen LogP contribution in [-0.4, -0.2) is 12.2 Å². The highest BCUT2D eigenvalue weighted by Gasteiger charge is 2.13. The first-order chi connectivity index (χ1) is 7.63. The maximum absolute atomic E-state index is 5.16. The van der Waals surface area contributed by atoms with Crippen LogP contribution in [0.5, 0.6) is 0 Å². The van der Waals surface area contributed by atoms with Gasteiger partial charge >= 0.3 is 0 Å². The summed E-state index contributed by atoms with van der Waals surface area (Å²) in [5, 5.41) is 7.00. The second kappa shape index (κ2) is 6.48. The van der Waals surface area contributed by atoms with Crippen LogP contribution in [0.25, 0.3) is 0 Å². The molecule has 3 heteroatoms. The summed E-state index contributed by atoms with van der Waals surface area (Å²) in [4.78, 5) is 0. The van der Waals surface area contributed by atoms with Crippen LogP contribution in [0.1, 0.15) is 31.9 Å². The first kappa shape index (κ1) is 13.0. The molecule has 1 atom stereocenters. The number of hydrogen-bond acceptors (Lipinski definition) is 1. The van der Waals surface area contributed by atoms with E-state index in [0.717, 1.165) is 6.42 Å². The molecule has 0 saturated carbocycles. The normalized spacial score (nSPS) is 12.2. The summed E-state index contributed by atoms with van der Waals surface area (Å²) >= 11 is 5.16. The Morgan fingerprint density at radius 2 is 1.88 bits per heavy atom. The standard InChI is InChI=1S/C13H20N2S/c1-10(2)9-12(15-13(16)14-3)11-7-5-4-6-8-11/h4-8,10,12H,9H2,1-3H3,(H2,14,15,16)/t12-/m0/s1. The van der Waals surface area contributed by atoms with Gasteiger partial charge in [-0.05, 0) is 30.1 Å². The molecule has 0 aliphatic rings. The van der Waals surface area contributed by atoms with Gasteiger partial charge in [0.15, 0.2) is 5.11 Å². The Kier molecular flexibility index (Phi) is 5.26. The lowest BCUT2D eigenvalue weighted by Gasteiger charge is -2.22. The molecule has 2 nitrogen and oxygen atoms in total. The predicted molar refractivity (Wildman–Crippen MR) is 73.4 cm³/mol. The van der Waals surface area contributed by atoms with Crippen LogP contribution < -0.4 is 10.6 Å². The average molecular weight is 236 g/mol. The molecule has 0 heterocycles. The van der Waals surface area contributed by atoms with Gasteiger partial charge in [-0.1, -0.05) is 44.2 Å². The molecule has 88 valence electrons. The molecular formula is C13H20N2S. The van der Waals surface area contributed by atoms with Crippen molar-refractivity contribution in [2.75, 3.05) is 7.05 Å². The van der Waals surface area contributed by atoms with Gasteiger partial charge in [0, 0.05) is 7.05 Å². The Labute approximate surface area is 103 Å². The first-order valence-corrected chi connectivity index (χ1v) is 6.07. The molecule has 0 amide bonds. The summed E-state index contributed by atoms with van der Waals surface area (Å²) in [5.74, 6) is 0.636. The van der Waals surface area contributed by atoms with Crippen molar-refractivity contribution in [3.63, 3.8) is 0 Å². The fourth-order valence-corrected chi connectivity index (χ4v) is 1.81. The maximum Gasteiger partial charge on any atom is 0.166 e. The molecule has 0 saturated heterocycles. The summed E-state index contributed by atoms with van der Waals surface area (Å²) in [6, 6.07) is 10.7. The number of rotatable bonds is 4. The van der Waals surface area contributed by atoms with E-state index in [2.05, 4.69) is 48.7 Å². The van der Waals surface area contributed by atoms with E-state index < -0.39 is 0 Å². The van der Waals surface area contributed by atoms with Crippen LogP contribution in [0.15, 0.2) is 30.3 Å². The Morgan fingerprint density at radius 1 is 1.25 bits per heavy atom. The fourth-order valence-electron chi connectivity index (χ4n) is 1.67. The molecule has 0 aliphatic heterocycles. The van der Waals surface area contributed by atoms with Crippen LogP contribution in [0, 0.1) is 5.92 Å². The molecule has 0 spiro atoms. The Balaban J connectivity index is 2.75. The monoisotopic (exact) mass is 236 g/mol. The van der Waals surface area contributed by atoms with Gasteiger partial charge in [-0.3, -0.25) is 0 Å². The summed E-state index contributed by atoms with van der Waals surface area (Å²) in [6.45, 7) is 4.44. The molecule has 2 N–H and O–H groups in total. The molecule has 0 aliphatic carbocycles. The summed E-state index contributed by atoms with van der Waals surface area (Å²) in [6.07, 6.45) is 1.08. The first-order valence-electron chi connectivity index (χ1n) is 5.66. The number of benzene rings is 1. The smallest absolute Gasteiger partial charge is 0.166 e. The van der Waals surface area contributed by atoms with Crippen molar-refractivity contribution in [2.24, 2.45) is 5.92 Å². The molecule has 0 radical (unpaired) electrons. The minimum absolute atomic E-state index is 0.293. The van der Waals surface area contributed by atoms with Crippen molar-refractivity contribution < 1.29 is 0 Å². The Morgan fingerprint density at radius 3 is 2.38 bits per heavy atom. The average Bonchev–Trinajstić information content (AvgIpc) is 2.28. The zero-order valence-corrected chi connectivity index (χ0v) is 11.0. The van der Waals surface area contributed by atoms with Gasteiger partial charge in [-0.2, -0.15) is 0 Å². The van der Waals surface area contributed by atoms with E-state index in [1.165, 1.54) is 5.56 Å². The van der Waals surface area contributed by atoms with E-state index in [9.17, 15) is 0 Å². The van der Waals surface area contributed by atoms with E-state index in [-0.39, 0.29) is 0 Å². The highest BCUT2D eigenvalue weighted by molar-refractivity contribution is 7.80. The number of nitrogens with one attached hydrogen (secondary N) is 2. The lowest BCUT2D eigenvalue weighted by atomic mass is 9.97. The van der Waals surface area contributed by atoms with Crippen LogP contribution in [0.2, 0.25) is 0 Å². The zero-order chi connectivity index (χ0) is 12.0. The Hall–Kier alpha value is -1.09. The third-order valence-electron chi connectivity index (χ3n) is 2.44. The molecule has 0 aromatic heterocycles. The molecule has 0 bridgehead atoms. The van der Waals surface area contributed by atoms with Crippen molar-refractivity contribution >= 4 is 17.3 Å². The van der Waals surface area contributed by atoms with E-state index in [4.69, 9.17) is 12.2 Å². The van der Waals surface area contributed by atoms with Crippen LogP contribution >= 0.6 is 12.2 Å². The summed E-state index contributed by atoms with van der Waals surface area (Å²) < 4.78 is 0. The van der Waals surface area contributed by atoms with Crippen molar-refractivity contribution in [1.29, 1.82) is 0 Å². The second-order valence-corrected chi connectivity index (χ2v) is 4.72. The van der Waals surface area contributed by atoms with E-state index in [1.54, 1.807) is 0 Å². The van der Waals surface area contributed by atoms with Crippen molar-refractivity contribution in [3.05, 3.63) is 35.9 Å². The second-order valence-electron chi connectivity index (χ2n) is 4.32. The van der Waals surface area contributed by atoms with Crippen LogP contribution in [-0.2, 0) is 0 Å². The molecule has 1 rings (SSSR count). The van der Waals surface area contributed by atoms with Gasteiger partial charge in [0.2, 0.25) is 0 Å². The van der Waals surface area contributed by atoms with E-state index in [0.29, 0.717) is 17.1 Å². The fraction of sp³-hybridized carbons (Fsp3) is 0.462. The minimum Gasteiger partial charge on any atom is -0.366 e. The van der Waals surface area contributed by atoms with Crippen molar-refractivity contribution in [3.8, 4) is 0 Å². The quantitative estimate of drug-likeness (QED) is 0.786. The minimum atomic E-state index is 0.293. The van der Waals surface area contributed by atoms with Crippen LogP contribution in [0.4, 0.5) is 0 Å². The number of hydrogen-bond donors (Lipinski definition) is 2. The molecule has 1 aromatic rings. The third-order valence-corrected chi connectivity index (χ3v) is 2.76. The zero-order valence-electron chi connectivity index (χ0n) is 10.2. The van der Waals surface area contributed by atoms with Crippen molar-refractivity contribution in [1.82, 2.24) is 10.6 Å².